The van der Waals surface area contributed by atoms with Crippen LogP contribution >= 0.6 is 0 Å². The number of hydrogen-bond acceptors (Lipinski definition) is 6. The number of nitrogens with zero attached hydrogens (tertiary/aromatic N) is 2. The Morgan fingerprint density at radius 1 is 1.15 bits per heavy atom. The molecule has 4 rings (SSSR count). The van der Waals surface area contributed by atoms with Crippen molar-refractivity contribution in [2.45, 2.75) is 38.6 Å². The first kappa shape index (κ1) is 16.9. The zero-order valence-electron chi connectivity index (χ0n) is 15.4. The first-order valence-electron chi connectivity index (χ1n) is 9.10. The van der Waals surface area contributed by atoms with E-state index < -0.39 is 0 Å². The highest BCUT2D eigenvalue weighted by Crippen LogP contribution is 2.48. The Hall–Kier alpha value is -2.50. The van der Waals surface area contributed by atoms with E-state index in [0.717, 1.165) is 42.8 Å². The van der Waals surface area contributed by atoms with Gasteiger partial charge in [-0.1, -0.05) is 12.1 Å². The minimum absolute atomic E-state index is 0.0362. The molecule has 6 nitrogen and oxygen atoms in total. The number of benzene rings is 1. The van der Waals surface area contributed by atoms with Crippen LogP contribution in [0.3, 0.4) is 0 Å². The van der Waals surface area contributed by atoms with Crippen LogP contribution in [0, 0.1) is 5.92 Å². The summed E-state index contributed by atoms with van der Waals surface area (Å²) in [6.07, 6.45) is 3.12. The monoisotopic (exact) mass is 356 g/mol. The molecule has 0 unspecified atom stereocenters. The molecular weight excluding hydrogens is 332 g/mol. The third kappa shape index (κ3) is 2.31. The van der Waals surface area contributed by atoms with E-state index in [4.69, 9.17) is 9.47 Å². The second-order valence-electron chi connectivity index (χ2n) is 7.17. The topological polar surface area (TPSA) is 71.4 Å². The number of allylic oxidation sites excluding steroid dienone is 2. The fourth-order valence-corrected chi connectivity index (χ4v) is 4.74. The number of ether oxygens (including phenoxy) is 2. The van der Waals surface area contributed by atoms with Crippen molar-refractivity contribution in [3.8, 4) is 11.5 Å². The summed E-state index contributed by atoms with van der Waals surface area (Å²) in [4.78, 5) is 14.9. The first-order chi connectivity index (χ1) is 12.6. The minimum Gasteiger partial charge on any atom is -0.493 e. The second kappa shape index (κ2) is 6.34. The van der Waals surface area contributed by atoms with Gasteiger partial charge in [0, 0.05) is 24.6 Å². The fraction of sp³-hybridized carbons (Fsp3) is 0.500. The lowest BCUT2D eigenvalue weighted by molar-refractivity contribution is -0.116. The summed E-state index contributed by atoms with van der Waals surface area (Å²) in [6.45, 7) is 2.88. The molecule has 1 aromatic carbocycles. The molecular formula is C20H24N2O4. The molecule has 0 saturated heterocycles. The Morgan fingerprint density at radius 2 is 1.88 bits per heavy atom. The summed E-state index contributed by atoms with van der Waals surface area (Å²) in [7, 11) is 3.28. The largest absolute Gasteiger partial charge is 0.493 e. The molecule has 3 aliphatic rings. The van der Waals surface area contributed by atoms with Gasteiger partial charge in [-0.15, -0.1) is 0 Å². The van der Waals surface area contributed by atoms with E-state index >= 15 is 0 Å². The molecule has 0 amide bonds. The maximum absolute atomic E-state index is 12.5. The lowest BCUT2D eigenvalue weighted by Crippen LogP contribution is -2.47. The van der Waals surface area contributed by atoms with Crippen LogP contribution in [0.25, 0.3) is 0 Å². The maximum Gasteiger partial charge on any atom is 0.166 e. The molecule has 0 bridgehead atoms. The number of hydrogen-bond donors (Lipinski definition) is 1. The first-order valence-corrected chi connectivity index (χ1v) is 9.10. The molecule has 0 radical (unpaired) electrons. The Bertz CT molecular complexity index is 827. The van der Waals surface area contributed by atoms with Gasteiger partial charge in [0.2, 0.25) is 0 Å². The highest BCUT2D eigenvalue weighted by Gasteiger charge is 2.44. The highest BCUT2D eigenvalue weighted by atomic mass is 16.5. The zero-order chi connectivity index (χ0) is 18.4. The molecule has 1 N–H and O–H groups in total. The molecule has 0 saturated carbocycles. The summed E-state index contributed by atoms with van der Waals surface area (Å²) in [5, 5.41) is 13.2. The quantitative estimate of drug-likeness (QED) is 0.651. The molecule has 0 aromatic heterocycles. The third-order valence-electron chi connectivity index (χ3n) is 5.92. The molecule has 6 heteroatoms. The van der Waals surface area contributed by atoms with Gasteiger partial charge in [-0.2, -0.15) is 0 Å². The van der Waals surface area contributed by atoms with E-state index in [2.05, 4.69) is 10.1 Å². The molecule has 1 aliphatic carbocycles. The number of ketones is 1. The Labute approximate surface area is 153 Å². The van der Waals surface area contributed by atoms with Crippen molar-refractivity contribution in [3.05, 3.63) is 34.5 Å². The van der Waals surface area contributed by atoms with Gasteiger partial charge in [0.1, 0.15) is 0 Å². The van der Waals surface area contributed by atoms with Gasteiger partial charge in [0.15, 0.2) is 17.3 Å². The van der Waals surface area contributed by atoms with E-state index in [1.54, 1.807) is 14.2 Å². The van der Waals surface area contributed by atoms with Crippen LogP contribution in [0.4, 0.5) is 0 Å². The van der Waals surface area contributed by atoms with E-state index in [0.29, 0.717) is 23.5 Å². The standard InChI is InChI=1S/C20H24N2O4/c1-11-19(21-24)18-14(5-4-6-15(18)23)22-8-7-12-9-16(25-2)17(26-3)10-13(12)20(11)22/h9-11,20,24H,4-8H2,1-3H3/b21-19-/t11-,20-/m0/s1. The Balaban J connectivity index is 1.89. The van der Waals surface area contributed by atoms with Gasteiger partial charge in [-0.05, 0) is 42.5 Å². The fourth-order valence-electron chi connectivity index (χ4n) is 4.74. The normalized spacial score (nSPS) is 26.3. The predicted molar refractivity (Wildman–Crippen MR) is 97.0 cm³/mol. The minimum atomic E-state index is -0.0852. The van der Waals surface area contributed by atoms with Crippen molar-refractivity contribution in [2.24, 2.45) is 11.1 Å². The van der Waals surface area contributed by atoms with Crippen molar-refractivity contribution in [1.82, 2.24) is 4.90 Å². The van der Waals surface area contributed by atoms with Gasteiger partial charge in [-0.25, -0.2) is 0 Å². The third-order valence-corrected chi connectivity index (χ3v) is 5.92. The molecule has 2 atom stereocenters. The van der Waals surface area contributed by atoms with Crippen LogP contribution in [0.1, 0.15) is 43.4 Å². The van der Waals surface area contributed by atoms with Gasteiger partial charge >= 0.3 is 0 Å². The van der Waals surface area contributed by atoms with Gasteiger partial charge in [0.25, 0.3) is 0 Å². The van der Waals surface area contributed by atoms with Gasteiger partial charge in [0.05, 0.1) is 31.5 Å². The highest BCUT2D eigenvalue weighted by molar-refractivity contribution is 6.24. The van der Waals surface area contributed by atoms with E-state index in [1.807, 2.05) is 19.1 Å². The summed E-state index contributed by atoms with van der Waals surface area (Å²) >= 11 is 0. The molecule has 26 heavy (non-hydrogen) atoms. The van der Waals surface area contributed by atoms with Crippen LogP contribution in [-0.4, -0.2) is 42.4 Å². The van der Waals surface area contributed by atoms with Crippen molar-refractivity contribution in [2.75, 3.05) is 20.8 Å². The molecule has 138 valence electrons. The Morgan fingerprint density at radius 3 is 2.58 bits per heavy atom. The summed E-state index contributed by atoms with van der Waals surface area (Å²) in [5.74, 6) is 1.44. The van der Waals surface area contributed by atoms with Crippen LogP contribution in [-0.2, 0) is 11.2 Å². The average molecular weight is 356 g/mol. The number of rotatable bonds is 2. The zero-order valence-corrected chi connectivity index (χ0v) is 15.4. The average Bonchev–Trinajstić information content (AvgIpc) is 2.67. The predicted octanol–water partition coefficient (Wildman–Crippen LogP) is 3.09. The number of fused-ring (bicyclic) bond motifs is 4. The molecule has 1 aromatic rings. The maximum atomic E-state index is 12.5. The summed E-state index contributed by atoms with van der Waals surface area (Å²) < 4.78 is 11.0. The SMILES string of the molecule is COc1cc2c(cc1OC)[C@@H]1[C@@H](C)/C(=N/O)C3=C(CCCC3=O)N1CC2. The van der Waals surface area contributed by atoms with Gasteiger partial charge < -0.3 is 19.6 Å². The van der Waals surface area contributed by atoms with Crippen molar-refractivity contribution < 1.29 is 19.5 Å². The summed E-state index contributed by atoms with van der Waals surface area (Å²) in [6, 6.07) is 4.12. The van der Waals surface area contributed by atoms with E-state index in [9.17, 15) is 10.0 Å². The van der Waals surface area contributed by atoms with Crippen molar-refractivity contribution in [1.29, 1.82) is 0 Å². The number of carbonyl (C=O) groups is 1. The van der Waals surface area contributed by atoms with Crippen LogP contribution < -0.4 is 9.47 Å². The number of Topliss-reactive ketones (excluding diaryl/α,β-unsaturated/α-hetero) is 1. The van der Waals surface area contributed by atoms with Crippen LogP contribution in [0.15, 0.2) is 28.6 Å². The summed E-state index contributed by atoms with van der Waals surface area (Å²) in [5.41, 5.74) is 4.59. The smallest absolute Gasteiger partial charge is 0.166 e. The van der Waals surface area contributed by atoms with Gasteiger partial charge in [-0.3, -0.25) is 4.79 Å². The molecule has 0 fully saturated rings. The number of methoxy groups -OCH3 is 2. The lowest BCUT2D eigenvalue weighted by atomic mass is 9.74. The van der Waals surface area contributed by atoms with Crippen molar-refractivity contribution >= 4 is 11.5 Å². The number of carbonyl (C=O) groups excluding carboxylic acids is 1. The molecule has 0 spiro atoms. The second-order valence-corrected chi connectivity index (χ2v) is 7.17. The number of oxime groups is 1. The molecule has 2 aliphatic heterocycles. The van der Waals surface area contributed by atoms with E-state index in [1.165, 1.54) is 5.56 Å². The van der Waals surface area contributed by atoms with E-state index in [-0.39, 0.29) is 17.7 Å². The van der Waals surface area contributed by atoms with Crippen molar-refractivity contribution in [3.63, 3.8) is 0 Å². The van der Waals surface area contributed by atoms with Crippen LogP contribution in [0.5, 0.6) is 11.5 Å². The Kier molecular flexibility index (Phi) is 4.13. The van der Waals surface area contributed by atoms with Crippen LogP contribution in [0.2, 0.25) is 0 Å². The molecule has 2 heterocycles. The lowest BCUT2D eigenvalue weighted by Gasteiger charge is -2.48.